The standard InChI is InChI=1S/C16H22N2O3/c1-3-12-8-4-6-10-16(12,15(20)21-2)18-14(19)13-9-5-7-11-17-13/h5,7,9,11-12H,3-4,6,8,10H2,1-2H3,(H,18,19)/t12-,16+/m1/s1. The van der Waals surface area contributed by atoms with E-state index in [0.29, 0.717) is 12.1 Å². The Hall–Kier alpha value is -1.91. The molecule has 1 aliphatic rings. The zero-order valence-corrected chi connectivity index (χ0v) is 12.6. The molecule has 21 heavy (non-hydrogen) atoms. The van der Waals surface area contributed by atoms with Crippen LogP contribution in [-0.2, 0) is 9.53 Å². The minimum atomic E-state index is -0.920. The Morgan fingerprint density at radius 2 is 2.24 bits per heavy atom. The van der Waals surface area contributed by atoms with Crippen LogP contribution in [0.25, 0.3) is 0 Å². The minimum absolute atomic E-state index is 0.103. The molecule has 5 nitrogen and oxygen atoms in total. The molecular formula is C16H22N2O3. The van der Waals surface area contributed by atoms with Crippen molar-refractivity contribution in [1.82, 2.24) is 10.3 Å². The molecule has 0 spiro atoms. The Bertz CT molecular complexity index is 504. The predicted octanol–water partition coefficient (Wildman–Crippen LogP) is 2.32. The summed E-state index contributed by atoms with van der Waals surface area (Å²) >= 11 is 0. The number of carbonyl (C=O) groups excluding carboxylic acids is 2. The third kappa shape index (κ3) is 3.06. The molecule has 0 aromatic carbocycles. The van der Waals surface area contributed by atoms with Gasteiger partial charge in [0.15, 0.2) is 0 Å². The highest BCUT2D eigenvalue weighted by atomic mass is 16.5. The van der Waals surface area contributed by atoms with Gasteiger partial charge in [-0.3, -0.25) is 9.78 Å². The summed E-state index contributed by atoms with van der Waals surface area (Å²) in [5.74, 6) is -0.564. The lowest BCUT2D eigenvalue weighted by molar-refractivity contribution is -0.152. The van der Waals surface area contributed by atoms with E-state index < -0.39 is 5.54 Å². The van der Waals surface area contributed by atoms with E-state index in [0.717, 1.165) is 25.7 Å². The van der Waals surface area contributed by atoms with Crippen LogP contribution < -0.4 is 5.32 Å². The highest BCUT2D eigenvalue weighted by Crippen LogP contribution is 2.37. The zero-order chi connectivity index (χ0) is 15.3. The van der Waals surface area contributed by atoms with Gasteiger partial charge in [-0.05, 0) is 30.9 Å². The van der Waals surface area contributed by atoms with Gasteiger partial charge in [-0.1, -0.05) is 32.3 Å². The van der Waals surface area contributed by atoms with Crippen LogP contribution in [0, 0.1) is 5.92 Å². The molecule has 1 N–H and O–H groups in total. The van der Waals surface area contributed by atoms with E-state index >= 15 is 0 Å². The van der Waals surface area contributed by atoms with Gasteiger partial charge in [0.25, 0.3) is 5.91 Å². The van der Waals surface area contributed by atoms with E-state index in [1.54, 1.807) is 24.4 Å². The Morgan fingerprint density at radius 3 is 2.86 bits per heavy atom. The fourth-order valence-electron chi connectivity index (χ4n) is 3.23. The molecule has 0 saturated heterocycles. The molecule has 0 aliphatic heterocycles. The number of esters is 1. The Labute approximate surface area is 125 Å². The first kappa shape index (κ1) is 15.5. The normalized spacial score (nSPS) is 25.1. The third-order valence-corrected chi connectivity index (χ3v) is 4.35. The van der Waals surface area contributed by atoms with Crippen molar-refractivity contribution in [3.8, 4) is 0 Å². The van der Waals surface area contributed by atoms with Crippen LogP contribution in [0.3, 0.4) is 0 Å². The maximum absolute atomic E-state index is 12.4. The topological polar surface area (TPSA) is 68.3 Å². The SMILES string of the molecule is CC[C@@H]1CCCC[C@@]1(NC(=O)c1ccccn1)C(=O)OC. The van der Waals surface area contributed by atoms with E-state index in [4.69, 9.17) is 4.74 Å². The second kappa shape index (κ2) is 6.70. The van der Waals surface area contributed by atoms with Crippen LogP contribution >= 0.6 is 0 Å². The summed E-state index contributed by atoms with van der Waals surface area (Å²) in [6.07, 6.45) is 5.94. The van der Waals surface area contributed by atoms with Crippen molar-refractivity contribution in [1.29, 1.82) is 0 Å². The van der Waals surface area contributed by atoms with Crippen LogP contribution in [-0.4, -0.2) is 29.5 Å². The fourth-order valence-corrected chi connectivity index (χ4v) is 3.23. The number of carbonyl (C=O) groups is 2. The maximum Gasteiger partial charge on any atom is 0.331 e. The Kier molecular flexibility index (Phi) is 4.94. The first-order chi connectivity index (χ1) is 10.1. The highest BCUT2D eigenvalue weighted by molar-refractivity contribution is 5.96. The Morgan fingerprint density at radius 1 is 1.43 bits per heavy atom. The molecule has 1 heterocycles. The van der Waals surface area contributed by atoms with E-state index in [2.05, 4.69) is 10.3 Å². The van der Waals surface area contributed by atoms with Gasteiger partial charge in [-0.2, -0.15) is 0 Å². The summed E-state index contributed by atoms with van der Waals surface area (Å²) in [6, 6.07) is 5.15. The monoisotopic (exact) mass is 290 g/mol. The molecule has 0 bridgehead atoms. The predicted molar refractivity (Wildman–Crippen MR) is 78.7 cm³/mol. The summed E-state index contributed by atoms with van der Waals surface area (Å²) in [5.41, 5.74) is -0.600. The Balaban J connectivity index is 2.28. The van der Waals surface area contributed by atoms with Crippen LogP contribution in [0.5, 0.6) is 0 Å². The lowest BCUT2D eigenvalue weighted by Gasteiger charge is -2.41. The van der Waals surface area contributed by atoms with Crippen LogP contribution in [0.2, 0.25) is 0 Å². The number of hydrogen-bond acceptors (Lipinski definition) is 4. The maximum atomic E-state index is 12.4. The molecule has 0 radical (unpaired) electrons. The van der Waals surface area contributed by atoms with Crippen molar-refractivity contribution in [2.45, 2.75) is 44.6 Å². The van der Waals surface area contributed by atoms with E-state index in [9.17, 15) is 9.59 Å². The van der Waals surface area contributed by atoms with E-state index in [1.807, 2.05) is 6.92 Å². The van der Waals surface area contributed by atoms with Crippen molar-refractivity contribution >= 4 is 11.9 Å². The molecule has 5 heteroatoms. The van der Waals surface area contributed by atoms with Crippen LogP contribution in [0.15, 0.2) is 24.4 Å². The van der Waals surface area contributed by atoms with Crippen molar-refractivity contribution in [2.75, 3.05) is 7.11 Å². The first-order valence-electron chi connectivity index (χ1n) is 7.46. The minimum Gasteiger partial charge on any atom is -0.467 e. The van der Waals surface area contributed by atoms with Gasteiger partial charge in [0.2, 0.25) is 0 Å². The average molecular weight is 290 g/mol. The second-order valence-corrected chi connectivity index (χ2v) is 5.48. The number of aromatic nitrogens is 1. The molecule has 1 saturated carbocycles. The summed E-state index contributed by atoms with van der Waals surface area (Å²) < 4.78 is 4.99. The number of hydrogen-bond donors (Lipinski definition) is 1. The number of nitrogens with one attached hydrogen (secondary N) is 1. The molecule has 1 amide bonds. The number of methoxy groups -OCH3 is 1. The molecule has 1 aliphatic carbocycles. The van der Waals surface area contributed by atoms with Crippen molar-refractivity contribution in [3.05, 3.63) is 30.1 Å². The molecule has 2 atom stereocenters. The average Bonchev–Trinajstić information content (AvgIpc) is 2.55. The van der Waals surface area contributed by atoms with Crippen molar-refractivity contribution in [2.24, 2.45) is 5.92 Å². The fraction of sp³-hybridized carbons (Fsp3) is 0.562. The molecule has 1 aromatic heterocycles. The molecule has 114 valence electrons. The van der Waals surface area contributed by atoms with Crippen molar-refractivity contribution in [3.63, 3.8) is 0 Å². The number of rotatable bonds is 4. The zero-order valence-electron chi connectivity index (χ0n) is 12.6. The number of ether oxygens (including phenoxy) is 1. The molecule has 1 fully saturated rings. The van der Waals surface area contributed by atoms with Gasteiger partial charge in [0, 0.05) is 6.20 Å². The van der Waals surface area contributed by atoms with Crippen molar-refractivity contribution < 1.29 is 14.3 Å². The quantitative estimate of drug-likeness (QED) is 0.864. The van der Waals surface area contributed by atoms with Gasteiger partial charge in [-0.15, -0.1) is 0 Å². The van der Waals surface area contributed by atoms with Gasteiger partial charge >= 0.3 is 5.97 Å². The second-order valence-electron chi connectivity index (χ2n) is 5.48. The van der Waals surface area contributed by atoms with Gasteiger partial charge < -0.3 is 10.1 Å². The van der Waals surface area contributed by atoms with Crippen LogP contribution in [0.4, 0.5) is 0 Å². The summed E-state index contributed by atoms with van der Waals surface area (Å²) in [4.78, 5) is 28.8. The van der Waals surface area contributed by atoms with Gasteiger partial charge in [0.1, 0.15) is 11.2 Å². The number of amides is 1. The van der Waals surface area contributed by atoms with Gasteiger partial charge in [-0.25, -0.2) is 4.79 Å². The molecule has 0 unspecified atom stereocenters. The van der Waals surface area contributed by atoms with Gasteiger partial charge in [0.05, 0.1) is 7.11 Å². The number of pyridine rings is 1. The van der Waals surface area contributed by atoms with Crippen LogP contribution in [0.1, 0.15) is 49.5 Å². The number of nitrogens with zero attached hydrogens (tertiary/aromatic N) is 1. The van der Waals surface area contributed by atoms with E-state index in [-0.39, 0.29) is 17.8 Å². The molecule has 2 rings (SSSR count). The lowest BCUT2D eigenvalue weighted by atomic mass is 9.71. The summed E-state index contributed by atoms with van der Waals surface area (Å²) in [5, 5.41) is 2.92. The summed E-state index contributed by atoms with van der Waals surface area (Å²) in [6.45, 7) is 2.04. The molecule has 1 aromatic rings. The third-order valence-electron chi connectivity index (χ3n) is 4.35. The largest absolute Gasteiger partial charge is 0.467 e. The highest BCUT2D eigenvalue weighted by Gasteiger charge is 2.48. The van der Waals surface area contributed by atoms with E-state index in [1.165, 1.54) is 7.11 Å². The smallest absolute Gasteiger partial charge is 0.331 e. The lowest BCUT2D eigenvalue weighted by Crippen LogP contribution is -2.61. The first-order valence-corrected chi connectivity index (χ1v) is 7.46. The molecular weight excluding hydrogens is 268 g/mol. The summed E-state index contributed by atoms with van der Waals surface area (Å²) in [7, 11) is 1.37.